The molecule has 0 amide bonds. The number of alkyl halides is 1. The van der Waals surface area contributed by atoms with Gasteiger partial charge in [0.2, 0.25) is 5.95 Å². The first-order valence-electron chi connectivity index (χ1n) is 12.9. The summed E-state index contributed by atoms with van der Waals surface area (Å²) < 4.78 is 46.2. The minimum absolute atomic E-state index is 0.00748. The number of hydrogen-bond donors (Lipinski definition) is 2. The van der Waals surface area contributed by atoms with Crippen molar-refractivity contribution < 1.29 is 13.2 Å². The molecular weight excluding hydrogens is 499 g/mol. The number of piperidine rings is 1. The van der Waals surface area contributed by atoms with Crippen LogP contribution in [0.25, 0.3) is 5.69 Å². The molecule has 0 bridgehead atoms. The number of aromatic nitrogens is 6. The van der Waals surface area contributed by atoms with Crippen LogP contribution in [-0.4, -0.2) is 65.0 Å². The van der Waals surface area contributed by atoms with Gasteiger partial charge in [0.15, 0.2) is 11.6 Å². The van der Waals surface area contributed by atoms with Crippen molar-refractivity contribution in [1.29, 1.82) is 0 Å². The minimum Gasteiger partial charge on any atom is -0.365 e. The Labute approximate surface area is 217 Å². The average Bonchev–Trinajstić information content (AvgIpc) is 3.55. The van der Waals surface area contributed by atoms with Gasteiger partial charge < -0.3 is 10.6 Å². The van der Waals surface area contributed by atoms with Gasteiger partial charge in [0.1, 0.15) is 12.0 Å². The fourth-order valence-electron chi connectivity index (χ4n) is 5.95. The molecule has 0 radical (unpaired) electrons. The van der Waals surface area contributed by atoms with Crippen molar-refractivity contribution in [3.63, 3.8) is 0 Å². The van der Waals surface area contributed by atoms with Crippen LogP contribution in [-0.2, 0) is 7.05 Å². The molecule has 3 atom stereocenters. The first kappa shape index (κ1) is 24.8. The van der Waals surface area contributed by atoms with Crippen LogP contribution in [0.5, 0.6) is 0 Å². The number of anilines is 3. The van der Waals surface area contributed by atoms with Crippen molar-refractivity contribution >= 4 is 17.5 Å². The number of aryl methyl sites for hydroxylation is 1. The molecule has 3 aliphatic rings. The number of hydrogen-bond acceptors (Lipinski definition) is 8. The van der Waals surface area contributed by atoms with E-state index in [4.69, 9.17) is 0 Å². The van der Waals surface area contributed by atoms with E-state index in [2.05, 4.69) is 49.8 Å². The van der Waals surface area contributed by atoms with Gasteiger partial charge in [-0.25, -0.2) is 22.9 Å². The Morgan fingerprint density at radius 2 is 1.89 bits per heavy atom. The first-order chi connectivity index (χ1) is 18.1. The van der Waals surface area contributed by atoms with Crippen LogP contribution in [0.2, 0.25) is 0 Å². The number of benzene rings is 1. The van der Waals surface area contributed by atoms with Crippen molar-refractivity contribution in [3.8, 4) is 5.69 Å². The standard InChI is InChI=1S/C25H30F3N9O/c1-25(2)10-15(7-16-6-14(26)12-36(16)25)30-22-19(28)11-29-23(32-22)31-20-9-21(37-24(38)35(3)33-34-37)17(8-18(20)27)13-4-5-13/h8-9,11,13-16H,4-7,10,12H2,1-3H3,(H2,29,30,31,32)/t14-,15-,16+/m1/s1. The maximum absolute atomic E-state index is 15.1. The van der Waals surface area contributed by atoms with Gasteiger partial charge in [-0.05, 0) is 80.0 Å². The molecule has 13 heteroatoms. The predicted molar refractivity (Wildman–Crippen MR) is 135 cm³/mol. The SMILES string of the molecule is Cn1nnn(-c2cc(Nc3ncc(F)c(N[C@@H]4C[C@@H]5C[C@@H](F)CN5C(C)(C)C4)n3)c(F)cc2C2CC2)c1=O. The number of nitrogens with zero attached hydrogens (tertiary/aromatic N) is 7. The molecule has 0 spiro atoms. The second-order valence-corrected chi connectivity index (χ2v) is 11.2. The molecule has 2 aliphatic heterocycles. The number of rotatable bonds is 6. The molecule has 2 N–H and O–H groups in total. The van der Waals surface area contributed by atoms with E-state index < -0.39 is 23.5 Å². The van der Waals surface area contributed by atoms with E-state index in [-0.39, 0.29) is 41.0 Å². The van der Waals surface area contributed by atoms with Crippen LogP contribution in [0.15, 0.2) is 23.1 Å². The summed E-state index contributed by atoms with van der Waals surface area (Å²) in [6, 6.07) is 2.83. The zero-order chi connectivity index (χ0) is 26.8. The summed E-state index contributed by atoms with van der Waals surface area (Å²) >= 11 is 0. The van der Waals surface area contributed by atoms with Crippen molar-refractivity contribution in [2.24, 2.45) is 7.05 Å². The van der Waals surface area contributed by atoms with Gasteiger partial charge in [-0.1, -0.05) is 0 Å². The summed E-state index contributed by atoms with van der Waals surface area (Å²) in [6.07, 6.45) is 3.79. The van der Waals surface area contributed by atoms with Gasteiger partial charge in [0, 0.05) is 31.2 Å². The summed E-state index contributed by atoms with van der Waals surface area (Å²) in [7, 11) is 1.49. The number of fused-ring (bicyclic) bond motifs is 1. The molecule has 202 valence electrons. The molecule has 1 aromatic carbocycles. The lowest BCUT2D eigenvalue weighted by atomic mass is 9.84. The Kier molecular flexibility index (Phi) is 5.93. The Balaban J connectivity index is 1.26. The van der Waals surface area contributed by atoms with E-state index >= 15 is 4.39 Å². The van der Waals surface area contributed by atoms with Gasteiger partial charge >= 0.3 is 5.69 Å². The lowest BCUT2D eigenvalue weighted by Crippen LogP contribution is -2.55. The Hall–Kier alpha value is -3.48. The highest BCUT2D eigenvalue weighted by Gasteiger charge is 2.46. The second kappa shape index (κ2) is 9.07. The van der Waals surface area contributed by atoms with Crippen molar-refractivity contribution in [2.75, 3.05) is 17.2 Å². The van der Waals surface area contributed by atoms with Gasteiger partial charge in [0.25, 0.3) is 0 Å². The lowest BCUT2D eigenvalue weighted by molar-refractivity contribution is 0.0475. The third-order valence-corrected chi connectivity index (χ3v) is 7.86. The molecule has 4 heterocycles. The van der Waals surface area contributed by atoms with E-state index in [9.17, 15) is 13.6 Å². The Bertz CT molecular complexity index is 1430. The summed E-state index contributed by atoms with van der Waals surface area (Å²) in [5.41, 5.74) is 0.423. The number of halogens is 3. The molecule has 1 aliphatic carbocycles. The van der Waals surface area contributed by atoms with E-state index in [1.165, 1.54) is 19.2 Å². The lowest BCUT2D eigenvalue weighted by Gasteiger charge is -2.47. The van der Waals surface area contributed by atoms with Crippen LogP contribution in [0, 0.1) is 11.6 Å². The van der Waals surface area contributed by atoms with Crippen LogP contribution in [0.3, 0.4) is 0 Å². The van der Waals surface area contributed by atoms with Gasteiger partial charge in [-0.15, -0.1) is 0 Å². The monoisotopic (exact) mass is 529 g/mol. The van der Waals surface area contributed by atoms with Crippen molar-refractivity contribution in [2.45, 2.75) is 75.7 Å². The maximum atomic E-state index is 15.1. The van der Waals surface area contributed by atoms with E-state index in [0.717, 1.165) is 28.4 Å². The summed E-state index contributed by atoms with van der Waals surface area (Å²) in [4.78, 5) is 23.0. The third kappa shape index (κ3) is 4.52. The smallest absolute Gasteiger partial charge is 0.365 e. The summed E-state index contributed by atoms with van der Waals surface area (Å²) in [6.45, 7) is 4.57. The van der Waals surface area contributed by atoms with Crippen molar-refractivity contribution in [3.05, 3.63) is 46.0 Å². The van der Waals surface area contributed by atoms with Crippen LogP contribution in [0.1, 0.15) is 57.4 Å². The van der Waals surface area contributed by atoms with E-state index in [1.807, 2.05) is 0 Å². The summed E-state index contributed by atoms with van der Waals surface area (Å²) in [5.74, 6) is -1.06. The normalized spacial score (nSPS) is 24.8. The zero-order valence-electron chi connectivity index (χ0n) is 21.5. The first-order valence-corrected chi connectivity index (χ1v) is 12.9. The molecule has 0 unspecified atom stereocenters. The average molecular weight is 530 g/mol. The second-order valence-electron chi connectivity index (χ2n) is 11.2. The van der Waals surface area contributed by atoms with E-state index in [0.29, 0.717) is 37.1 Å². The zero-order valence-corrected chi connectivity index (χ0v) is 21.5. The van der Waals surface area contributed by atoms with Crippen LogP contribution in [0.4, 0.5) is 30.6 Å². The van der Waals surface area contributed by atoms with Gasteiger partial charge in [0.05, 0.1) is 17.6 Å². The van der Waals surface area contributed by atoms with E-state index in [1.54, 1.807) is 0 Å². The molecule has 10 nitrogen and oxygen atoms in total. The fourth-order valence-corrected chi connectivity index (χ4v) is 5.95. The Morgan fingerprint density at radius 3 is 2.61 bits per heavy atom. The molecule has 2 saturated heterocycles. The fraction of sp³-hybridized carbons (Fsp3) is 0.560. The van der Waals surface area contributed by atoms with Crippen LogP contribution < -0.4 is 16.3 Å². The highest BCUT2D eigenvalue weighted by Crippen LogP contribution is 2.44. The number of nitrogens with one attached hydrogen (secondary N) is 2. The quantitative estimate of drug-likeness (QED) is 0.501. The molecule has 3 aromatic rings. The minimum atomic E-state index is -0.853. The predicted octanol–water partition coefficient (Wildman–Crippen LogP) is 3.42. The molecule has 2 aromatic heterocycles. The Morgan fingerprint density at radius 1 is 1.11 bits per heavy atom. The highest BCUT2D eigenvalue weighted by atomic mass is 19.1. The molecule has 38 heavy (non-hydrogen) atoms. The molecule has 3 fully saturated rings. The van der Waals surface area contributed by atoms with Gasteiger partial charge in [-0.2, -0.15) is 14.3 Å². The molecular formula is C25H30F3N9O. The highest BCUT2D eigenvalue weighted by molar-refractivity contribution is 5.62. The third-order valence-electron chi connectivity index (χ3n) is 7.86. The number of tetrazole rings is 1. The molecule has 1 saturated carbocycles. The largest absolute Gasteiger partial charge is 0.368 e. The van der Waals surface area contributed by atoms with Crippen molar-refractivity contribution in [1.82, 2.24) is 34.7 Å². The van der Waals surface area contributed by atoms with Gasteiger partial charge in [-0.3, -0.25) is 4.90 Å². The van der Waals surface area contributed by atoms with Crippen LogP contribution >= 0.6 is 0 Å². The summed E-state index contributed by atoms with van der Waals surface area (Å²) in [5, 5.41) is 13.7. The molecule has 6 rings (SSSR count). The maximum Gasteiger partial charge on any atom is 0.368 e. The topological polar surface area (TPSA) is 106 Å².